The fourth-order valence-electron chi connectivity index (χ4n) is 2.03. The molecule has 20 heavy (non-hydrogen) atoms. The maximum Gasteiger partial charge on any atom is 0.292 e. The van der Waals surface area contributed by atoms with Gasteiger partial charge in [-0.2, -0.15) is 0 Å². The Morgan fingerprint density at radius 1 is 1.25 bits per heavy atom. The van der Waals surface area contributed by atoms with Crippen molar-refractivity contribution >= 4 is 11.4 Å². The summed E-state index contributed by atoms with van der Waals surface area (Å²) in [5.41, 5.74) is 2.22. The Morgan fingerprint density at radius 3 is 2.65 bits per heavy atom. The van der Waals surface area contributed by atoms with E-state index in [4.69, 9.17) is 0 Å². The van der Waals surface area contributed by atoms with Crippen molar-refractivity contribution in [2.75, 3.05) is 5.32 Å². The van der Waals surface area contributed by atoms with Crippen LogP contribution in [0.25, 0.3) is 0 Å². The molecule has 0 saturated carbocycles. The van der Waals surface area contributed by atoms with Gasteiger partial charge in [0.2, 0.25) is 0 Å². The highest BCUT2D eigenvalue weighted by atomic mass is 16.6. The Labute approximate surface area is 117 Å². The molecule has 5 nitrogen and oxygen atoms in total. The molecule has 2 aromatic rings. The van der Waals surface area contributed by atoms with E-state index in [-0.39, 0.29) is 17.5 Å². The number of benzene rings is 2. The van der Waals surface area contributed by atoms with Crippen molar-refractivity contribution in [2.24, 2.45) is 0 Å². The number of nitro benzene ring substituents is 1. The second-order valence-corrected chi connectivity index (χ2v) is 4.74. The first-order chi connectivity index (χ1) is 9.47. The zero-order valence-corrected chi connectivity index (χ0v) is 11.3. The van der Waals surface area contributed by atoms with Crippen molar-refractivity contribution in [3.8, 4) is 5.75 Å². The monoisotopic (exact) mass is 272 g/mol. The first kappa shape index (κ1) is 13.9. The topological polar surface area (TPSA) is 75.4 Å². The highest BCUT2D eigenvalue weighted by Crippen LogP contribution is 2.29. The number of hydrogen-bond acceptors (Lipinski definition) is 4. The van der Waals surface area contributed by atoms with E-state index in [2.05, 4.69) is 5.32 Å². The lowest BCUT2D eigenvalue weighted by molar-refractivity contribution is -0.384. The van der Waals surface area contributed by atoms with Gasteiger partial charge >= 0.3 is 0 Å². The van der Waals surface area contributed by atoms with E-state index in [1.54, 1.807) is 24.3 Å². The molecule has 0 saturated heterocycles. The number of phenolic OH excluding ortho intramolecular Hbond substituents is 1. The van der Waals surface area contributed by atoms with Crippen LogP contribution < -0.4 is 5.32 Å². The minimum atomic E-state index is -0.398. The number of hydrogen-bond donors (Lipinski definition) is 2. The number of nitrogens with zero attached hydrogens (tertiary/aromatic N) is 1. The molecular weight excluding hydrogens is 256 g/mol. The van der Waals surface area contributed by atoms with Crippen LogP contribution in [0, 0.1) is 17.0 Å². The summed E-state index contributed by atoms with van der Waals surface area (Å²) in [6, 6.07) is 11.7. The third-order valence-electron chi connectivity index (χ3n) is 3.09. The summed E-state index contributed by atoms with van der Waals surface area (Å²) in [5, 5.41) is 23.7. The van der Waals surface area contributed by atoms with Crippen LogP contribution in [0.2, 0.25) is 0 Å². The number of nitro groups is 1. The highest BCUT2D eigenvalue weighted by Gasteiger charge is 2.16. The van der Waals surface area contributed by atoms with E-state index >= 15 is 0 Å². The van der Waals surface area contributed by atoms with Crippen molar-refractivity contribution in [3.05, 3.63) is 63.7 Å². The molecular formula is C15H16N2O3. The van der Waals surface area contributed by atoms with E-state index in [9.17, 15) is 15.2 Å². The average molecular weight is 272 g/mol. The average Bonchev–Trinajstić information content (AvgIpc) is 2.40. The minimum absolute atomic E-state index is 0.0528. The molecule has 0 aliphatic rings. The third kappa shape index (κ3) is 3.06. The second-order valence-electron chi connectivity index (χ2n) is 4.74. The van der Waals surface area contributed by atoms with Gasteiger partial charge in [0, 0.05) is 12.1 Å². The summed E-state index contributed by atoms with van der Waals surface area (Å²) in [7, 11) is 0. The Balaban J connectivity index is 2.28. The van der Waals surface area contributed by atoms with Crippen molar-refractivity contribution < 1.29 is 10.0 Å². The Hall–Kier alpha value is -2.56. The van der Waals surface area contributed by atoms with E-state index in [1.807, 2.05) is 26.0 Å². The lowest BCUT2D eigenvalue weighted by atomic mass is 10.1. The van der Waals surface area contributed by atoms with E-state index in [0.29, 0.717) is 5.69 Å². The molecule has 0 fully saturated rings. The molecule has 0 amide bonds. The normalized spacial score (nSPS) is 11.9. The summed E-state index contributed by atoms with van der Waals surface area (Å²) in [5.74, 6) is 0.176. The van der Waals surface area contributed by atoms with Crippen LogP contribution in [0.4, 0.5) is 11.4 Å². The second kappa shape index (κ2) is 5.61. The zero-order valence-electron chi connectivity index (χ0n) is 11.3. The molecule has 0 spiro atoms. The molecule has 0 aliphatic carbocycles. The van der Waals surface area contributed by atoms with Crippen LogP contribution in [-0.2, 0) is 0 Å². The first-order valence-corrected chi connectivity index (χ1v) is 6.28. The van der Waals surface area contributed by atoms with Gasteiger partial charge in [-0.1, -0.05) is 18.2 Å². The Kier molecular flexibility index (Phi) is 3.89. The molecule has 104 valence electrons. The lowest BCUT2D eigenvalue weighted by Gasteiger charge is -2.16. The smallest absolute Gasteiger partial charge is 0.292 e. The first-order valence-electron chi connectivity index (χ1n) is 6.28. The maximum absolute atomic E-state index is 11.1. The van der Waals surface area contributed by atoms with Crippen LogP contribution in [0.3, 0.4) is 0 Å². The Bertz CT molecular complexity index is 641. The van der Waals surface area contributed by atoms with Gasteiger partial charge in [0.25, 0.3) is 5.69 Å². The van der Waals surface area contributed by atoms with E-state index in [0.717, 1.165) is 11.1 Å². The van der Waals surface area contributed by atoms with Crippen molar-refractivity contribution in [1.82, 2.24) is 0 Å². The molecule has 0 aliphatic heterocycles. The molecule has 2 rings (SSSR count). The quantitative estimate of drug-likeness (QED) is 0.656. The van der Waals surface area contributed by atoms with Crippen molar-refractivity contribution in [3.63, 3.8) is 0 Å². The molecule has 0 aromatic heterocycles. The predicted octanol–water partition coefficient (Wildman–Crippen LogP) is 3.78. The van der Waals surface area contributed by atoms with Gasteiger partial charge in [-0.25, -0.2) is 0 Å². The maximum atomic E-state index is 11.1. The van der Waals surface area contributed by atoms with Gasteiger partial charge in [-0.3, -0.25) is 10.1 Å². The van der Waals surface area contributed by atoms with E-state index in [1.165, 1.54) is 6.07 Å². The molecule has 0 radical (unpaired) electrons. The fraction of sp³-hybridized carbons (Fsp3) is 0.200. The third-order valence-corrected chi connectivity index (χ3v) is 3.09. The van der Waals surface area contributed by atoms with Gasteiger partial charge in [-0.15, -0.1) is 0 Å². The van der Waals surface area contributed by atoms with Crippen LogP contribution in [0.1, 0.15) is 24.1 Å². The number of anilines is 1. The molecule has 0 bridgehead atoms. The fourth-order valence-corrected chi connectivity index (χ4v) is 2.03. The van der Waals surface area contributed by atoms with Crippen molar-refractivity contribution in [2.45, 2.75) is 19.9 Å². The SMILES string of the molecule is Cc1ccc(NC(C)c2cccc(O)c2)c([N+](=O)[O-])c1. The van der Waals surface area contributed by atoms with Gasteiger partial charge in [0.1, 0.15) is 11.4 Å². The molecule has 0 heterocycles. The standard InChI is InChI=1S/C15H16N2O3/c1-10-6-7-14(15(8-10)17(19)20)16-11(2)12-4-3-5-13(18)9-12/h3-9,11,16,18H,1-2H3. The zero-order chi connectivity index (χ0) is 14.7. The van der Waals surface area contributed by atoms with E-state index < -0.39 is 4.92 Å². The summed E-state index contributed by atoms with van der Waals surface area (Å²) in [6.07, 6.45) is 0. The summed E-state index contributed by atoms with van der Waals surface area (Å²) >= 11 is 0. The van der Waals surface area contributed by atoms with Crippen molar-refractivity contribution in [1.29, 1.82) is 0 Å². The minimum Gasteiger partial charge on any atom is -0.508 e. The summed E-state index contributed by atoms with van der Waals surface area (Å²) in [6.45, 7) is 3.70. The summed E-state index contributed by atoms with van der Waals surface area (Å²) in [4.78, 5) is 10.7. The Morgan fingerprint density at radius 2 is 2.00 bits per heavy atom. The summed E-state index contributed by atoms with van der Waals surface area (Å²) < 4.78 is 0. The molecule has 2 aromatic carbocycles. The largest absolute Gasteiger partial charge is 0.508 e. The molecule has 1 atom stereocenters. The number of rotatable bonds is 4. The highest BCUT2D eigenvalue weighted by molar-refractivity contribution is 5.63. The molecule has 1 unspecified atom stereocenters. The van der Waals surface area contributed by atoms with Gasteiger partial charge in [0.05, 0.1) is 4.92 Å². The van der Waals surface area contributed by atoms with Crippen LogP contribution in [0.5, 0.6) is 5.75 Å². The molecule has 5 heteroatoms. The number of nitrogens with one attached hydrogen (secondary N) is 1. The predicted molar refractivity (Wildman–Crippen MR) is 78.0 cm³/mol. The number of phenols is 1. The number of aromatic hydroxyl groups is 1. The lowest BCUT2D eigenvalue weighted by Crippen LogP contribution is -2.08. The number of aryl methyl sites for hydroxylation is 1. The van der Waals surface area contributed by atoms with Crippen LogP contribution in [0.15, 0.2) is 42.5 Å². The van der Waals surface area contributed by atoms with Crippen LogP contribution in [-0.4, -0.2) is 10.0 Å². The molecule has 2 N–H and O–H groups in total. The van der Waals surface area contributed by atoms with Crippen LogP contribution >= 0.6 is 0 Å². The van der Waals surface area contributed by atoms with Gasteiger partial charge in [0.15, 0.2) is 0 Å². The van der Waals surface area contributed by atoms with Gasteiger partial charge < -0.3 is 10.4 Å². The van der Waals surface area contributed by atoms with Gasteiger partial charge in [-0.05, 0) is 43.2 Å².